The van der Waals surface area contributed by atoms with Crippen molar-refractivity contribution in [3.8, 4) is 0 Å². The Balaban J connectivity index is 2.40. The fourth-order valence-electron chi connectivity index (χ4n) is 1.78. The largest absolute Gasteiger partial charge is 0.284 e. The smallest absolute Gasteiger partial charge is 0.258 e. The number of sulfonamides is 1. The van der Waals surface area contributed by atoms with E-state index in [9.17, 15) is 18.5 Å². The van der Waals surface area contributed by atoms with Crippen molar-refractivity contribution in [2.24, 2.45) is 5.92 Å². The summed E-state index contributed by atoms with van der Waals surface area (Å²) in [5.74, 6) is 0.338. The van der Waals surface area contributed by atoms with Crippen LogP contribution in [0.4, 0.5) is 5.69 Å². The average molecular weight is 335 g/mol. The van der Waals surface area contributed by atoms with E-state index >= 15 is 0 Å². The zero-order valence-corrected chi connectivity index (χ0v) is 11.9. The number of nitro benzene ring substituents is 1. The van der Waals surface area contributed by atoms with E-state index in [4.69, 9.17) is 0 Å². The highest BCUT2D eigenvalue weighted by molar-refractivity contribution is 9.10. The lowest BCUT2D eigenvalue weighted by molar-refractivity contribution is -0.385. The summed E-state index contributed by atoms with van der Waals surface area (Å²) >= 11 is 3.03. The first kappa shape index (κ1) is 13.4. The van der Waals surface area contributed by atoms with Gasteiger partial charge in [0, 0.05) is 19.2 Å². The highest BCUT2D eigenvalue weighted by Crippen LogP contribution is 2.31. The molecule has 2 rings (SSSR count). The third kappa shape index (κ3) is 2.27. The van der Waals surface area contributed by atoms with Gasteiger partial charge in [0.05, 0.1) is 14.3 Å². The van der Waals surface area contributed by atoms with Crippen LogP contribution in [0.5, 0.6) is 0 Å². The number of hydrogen-bond donors (Lipinski definition) is 0. The fraction of sp³-hybridized carbons (Fsp3) is 0.400. The molecule has 1 aromatic rings. The van der Waals surface area contributed by atoms with Gasteiger partial charge in [0.25, 0.3) is 5.69 Å². The fourth-order valence-corrected chi connectivity index (χ4v) is 3.87. The van der Waals surface area contributed by atoms with Crippen molar-refractivity contribution in [3.63, 3.8) is 0 Å². The molecule has 0 atom stereocenters. The van der Waals surface area contributed by atoms with Crippen molar-refractivity contribution in [3.05, 3.63) is 32.8 Å². The molecule has 1 fully saturated rings. The molecule has 1 aromatic carbocycles. The quantitative estimate of drug-likeness (QED) is 0.625. The average Bonchev–Trinajstić information content (AvgIpc) is 2.24. The standard InChI is InChI=1S/C10H11BrN2O4S/c1-7-5-12(6-7)18(16,17)8-2-3-9(11)10(4-8)13(14)15/h2-4,7H,5-6H2,1H3. The van der Waals surface area contributed by atoms with Crippen molar-refractivity contribution in [1.82, 2.24) is 4.31 Å². The molecule has 6 nitrogen and oxygen atoms in total. The summed E-state index contributed by atoms with van der Waals surface area (Å²) in [6.07, 6.45) is 0. The lowest BCUT2D eigenvalue weighted by atomic mass is 10.1. The minimum atomic E-state index is -3.60. The number of halogens is 1. The van der Waals surface area contributed by atoms with Gasteiger partial charge in [0.15, 0.2) is 0 Å². The van der Waals surface area contributed by atoms with Gasteiger partial charge in [-0.05, 0) is 34.0 Å². The zero-order valence-electron chi connectivity index (χ0n) is 9.54. The number of nitrogens with zero attached hydrogens (tertiary/aromatic N) is 2. The molecule has 0 unspecified atom stereocenters. The maximum atomic E-state index is 12.1. The first-order valence-electron chi connectivity index (χ1n) is 5.26. The molecule has 98 valence electrons. The van der Waals surface area contributed by atoms with Gasteiger partial charge in [-0.1, -0.05) is 6.92 Å². The lowest BCUT2D eigenvalue weighted by Gasteiger charge is -2.35. The van der Waals surface area contributed by atoms with Gasteiger partial charge in [-0.3, -0.25) is 10.1 Å². The first-order chi connectivity index (χ1) is 8.32. The summed E-state index contributed by atoms with van der Waals surface area (Å²) in [4.78, 5) is 10.1. The van der Waals surface area contributed by atoms with Crippen LogP contribution in [-0.2, 0) is 10.0 Å². The molecule has 0 spiro atoms. The zero-order chi connectivity index (χ0) is 13.5. The van der Waals surface area contributed by atoms with E-state index in [1.807, 2.05) is 6.92 Å². The van der Waals surface area contributed by atoms with Crippen molar-refractivity contribution in [2.45, 2.75) is 11.8 Å². The van der Waals surface area contributed by atoms with E-state index in [0.717, 1.165) is 6.07 Å². The predicted molar refractivity (Wildman–Crippen MR) is 68.7 cm³/mol. The Bertz CT molecular complexity index is 596. The normalized spacial score (nSPS) is 17.4. The van der Waals surface area contributed by atoms with Crippen molar-refractivity contribution < 1.29 is 13.3 Å². The third-order valence-electron chi connectivity index (χ3n) is 2.78. The van der Waals surface area contributed by atoms with Crippen LogP contribution in [0.2, 0.25) is 0 Å². The van der Waals surface area contributed by atoms with Crippen LogP contribution in [-0.4, -0.2) is 30.7 Å². The lowest BCUT2D eigenvalue weighted by Crippen LogP contribution is -2.48. The van der Waals surface area contributed by atoms with Crippen LogP contribution in [0.25, 0.3) is 0 Å². The minimum absolute atomic E-state index is 0.0377. The topological polar surface area (TPSA) is 80.5 Å². The summed E-state index contributed by atoms with van der Waals surface area (Å²) < 4.78 is 25.9. The summed E-state index contributed by atoms with van der Waals surface area (Å²) in [5.41, 5.74) is -0.246. The van der Waals surface area contributed by atoms with Crippen LogP contribution in [0, 0.1) is 16.0 Å². The Hall–Kier alpha value is -0.990. The molecule has 1 aliphatic rings. The molecule has 0 N–H and O–H groups in total. The van der Waals surface area contributed by atoms with Gasteiger partial charge in [-0.15, -0.1) is 0 Å². The summed E-state index contributed by atoms with van der Waals surface area (Å²) in [7, 11) is -3.60. The minimum Gasteiger partial charge on any atom is -0.258 e. The SMILES string of the molecule is CC1CN(S(=O)(=O)c2ccc(Br)c([N+](=O)[O-])c2)C1. The molecule has 0 amide bonds. The Kier molecular flexibility index (Phi) is 3.43. The van der Waals surface area contributed by atoms with E-state index in [1.165, 1.54) is 16.4 Å². The molecule has 0 aliphatic carbocycles. The Morgan fingerprint density at radius 2 is 2.06 bits per heavy atom. The van der Waals surface area contributed by atoms with Crippen LogP contribution < -0.4 is 0 Å². The summed E-state index contributed by atoms with van der Waals surface area (Å²) in [6.45, 7) is 2.88. The van der Waals surface area contributed by atoms with E-state index < -0.39 is 14.9 Å². The van der Waals surface area contributed by atoms with E-state index in [0.29, 0.717) is 19.0 Å². The van der Waals surface area contributed by atoms with Gasteiger partial charge < -0.3 is 0 Å². The summed E-state index contributed by atoms with van der Waals surface area (Å²) in [6, 6.07) is 3.84. The highest BCUT2D eigenvalue weighted by atomic mass is 79.9. The predicted octanol–water partition coefficient (Wildman–Crippen LogP) is 2.00. The monoisotopic (exact) mass is 334 g/mol. The van der Waals surface area contributed by atoms with Gasteiger partial charge >= 0.3 is 0 Å². The highest BCUT2D eigenvalue weighted by Gasteiger charge is 2.35. The molecule has 0 bridgehead atoms. The maximum Gasteiger partial charge on any atom is 0.284 e. The number of hydrogen-bond acceptors (Lipinski definition) is 4. The molecule has 18 heavy (non-hydrogen) atoms. The van der Waals surface area contributed by atoms with Crippen molar-refractivity contribution in [2.75, 3.05) is 13.1 Å². The molecule has 1 saturated heterocycles. The summed E-state index contributed by atoms with van der Waals surface area (Å²) in [5, 5.41) is 10.8. The van der Waals surface area contributed by atoms with Crippen LogP contribution in [0.15, 0.2) is 27.6 Å². The van der Waals surface area contributed by atoms with Crippen molar-refractivity contribution in [1.29, 1.82) is 0 Å². The second-order valence-electron chi connectivity index (χ2n) is 4.30. The van der Waals surface area contributed by atoms with E-state index in [1.54, 1.807) is 0 Å². The maximum absolute atomic E-state index is 12.1. The number of nitro groups is 1. The first-order valence-corrected chi connectivity index (χ1v) is 7.50. The van der Waals surface area contributed by atoms with Crippen LogP contribution in [0.3, 0.4) is 0 Å². The number of benzene rings is 1. The second kappa shape index (κ2) is 4.60. The molecule has 1 aliphatic heterocycles. The molecule has 0 aromatic heterocycles. The van der Waals surface area contributed by atoms with Crippen molar-refractivity contribution >= 4 is 31.6 Å². The van der Waals surface area contributed by atoms with Crippen LogP contribution >= 0.6 is 15.9 Å². The molecule has 8 heteroatoms. The van der Waals surface area contributed by atoms with Crippen LogP contribution in [0.1, 0.15) is 6.92 Å². The molecular weight excluding hydrogens is 324 g/mol. The Morgan fingerprint density at radius 1 is 1.44 bits per heavy atom. The second-order valence-corrected chi connectivity index (χ2v) is 7.09. The van der Waals surface area contributed by atoms with Gasteiger partial charge in [0.1, 0.15) is 0 Å². The number of rotatable bonds is 3. The third-order valence-corrected chi connectivity index (χ3v) is 5.28. The van der Waals surface area contributed by atoms with E-state index in [-0.39, 0.29) is 15.1 Å². The molecule has 0 radical (unpaired) electrons. The Labute approximate surface area is 113 Å². The molecular formula is C10H11BrN2O4S. The van der Waals surface area contributed by atoms with Gasteiger partial charge in [-0.2, -0.15) is 4.31 Å². The Morgan fingerprint density at radius 3 is 2.56 bits per heavy atom. The molecule has 1 heterocycles. The van der Waals surface area contributed by atoms with Gasteiger partial charge in [-0.25, -0.2) is 8.42 Å². The van der Waals surface area contributed by atoms with Gasteiger partial charge in [0.2, 0.25) is 10.0 Å². The van der Waals surface area contributed by atoms with E-state index in [2.05, 4.69) is 15.9 Å². The molecule has 0 saturated carbocycles.